The fourth-order valence-corrected chi connectivity index (χ4v) is 5.90. The Bertz CT molecular complexity index is 701. The van der Waals surface area contributed by atoms with E-state index in [0.29, 0.717) is 17.8 Å². The second-order valence-corrected chi connectivity index (χ2v) is 9.89. The molecule has 1 aromatic carbocycles. The topological polar surface area (TPSA) is 58.6 Å². The first-order valence-corrected chi connectivity index (χ1v) is 9.99. The molecule has 0 N–H and O–H groups in total. The first-order valence-electron chi connectivity index (χ1n) is 9.99. The van der Waals surface area contributed by atoms with Gasteiger partial charge in [-0.3, -0.25) is 0 Å². The Kier molecular flexibility index (Phi) is 4.49. The fourth-order valence-electron chi connectivity index (χ4n) is 5.90. The molecule has 4 saturated carbocycles. The monoisotopic (exact) mass is 375 g/mol. The number of carbonyl (C=O) groups excluding carboxylic acids is 1. The first kappa shape index (κ1) is 18.7. The van der Waals surface area contributed by atoms with Crippen LogP contribution in [-0.2, 0) is 4.74 Å². The maximum atomic E-state index is 14.4. The summed E-state index contributed by atoms with van der Waals surface area (Å²) < 4.78 is 26.8. The van der Waals surface area contributed by atoms with E-state index in [0.717, 1.165) is 25.3 Å². The first-order chi connectivity index (χ1) is 12.6. The smallest absolute Gasteiger partial charge is 0.206 e. The fraction of sp³-hybridized carbons (Fsp3) is 0.682. The molecule has 5 heteroatoms. The van der Waals surface area contributed by atoms with E-state index in [1.165, 1.54) is 31.4 Å². The highest BCUT2D eigenvalue weighted by molar-refractivity contribution is 5.86. The number of hydrogen-bond acceptors (Lipinski definition) is 4. The number of carboxylic acids is 1. The Morgan fingerprint density at radius 2 is 1.70 bits per heavy atom. The van der Waals surface area contributed by atoms with Crippen molar-refractivity contribution in [3.8, 4) is 5.75 Å². The molecule has 5 rings (SSSR count). The van der Waals surface area contributed by atoms with Crippen LogP contribution < -0.4 is 9.84 Å². The molecule has 0 heterocycles. The summed E-state index contributed by atoms with van der Waals surface area (Å²) >= 11 is 0. The zero-order chi connectivity index (χ0) is 19.4. The van der Waals surface area contributed by atoms with Gasteiger partial charge in [0, 0.05) is 11.0 Å². The third-order valence-corrected chi connectivity index (χ3v) is 6.45. The number of rotatable bonds is 5. The summed E-state index contributed by atoms with van der Waals surface area (Å²) in [4.78, 5) is 11.2. The molecule has 1 atom stereocenters. The Morgan fingerprint density at radius 3 is 2.19 bits per heavy atom. The summed E-state index contributed by atoms with van der Waals surface area (Å²) in [6.07, 6.45) is 6.41. The molecule has 148 valence electrons. The van der Waals surface area contributed by atoms with Gasteiger partial charge in [0.05, 0.1) is 11.6 Å². The lowest BCUT2D eigenvalue weighted by molar-refractivity contribution is -0.255. The largest absolute Gasteiger partial charge is 0.545 e. The molecule has 27 heavy (non-hydrogen) atoms. The van der Waals surface area contributed by atoms with Crippen molar-refractivity contribution in [2.45, 2.75) is 71.2 Å². The van der Waals surface area contributed by atoms with Crippen LogP contribution in [0.25, 0.3) is 0 Å². The minimum Gasteiger partial charge on any atom is -0.545 e. The zero-order valence-corrected chi connectivity index (χ0v) is 16.3. The molecule has 4 bridgehead atoms. The highest BCUT2D eigenvalue weighted by atomic mass is 19.1. The maximum Gasteiger partial charge on any atom is 0.206 e. The third kappa shape index (κ3) is 3.71. The van der Waals surface area contributed by atoms with E-state index >= 15 is 0 Å². The van der Waals surface area contributed by atoms with Gasteiger partial charge in [0.25, 0.3) is 0 Å². The molecule has 0 radical (unpaired) electrons. The summed E-state index contributed by atoms with van der Waals surface area (Å²) in [7, 11) is 0. The van der Waals surface area contributed by atoms with Gasteiger partial charge in [-0.1, -0.05) is 0 Å². The molecule has 4 aliphatic rings. The Morgan fingerprint density at radius 1 is 1.15 bits per heavy atom. The summed E-state index contributed by atoms with van der Waals surface area (Å²) in [5, 5.41) is 11.2. The number of carboxylic acid groups (broad SMARTS) is 1. The molecule has 1 aromatic rings. The Hall–Kier alpha value is -1.62. The van der Waals surface area contributed by atoms with E-state index in [1.54, 1.807) is 0 Å². The van der Waals surface area contributed by atoms with E-state index in [1.807, 2.05) is 20.8 Å². The van der Waals surface area contributed by atoms with E-state index in [9.17, 15) is 14.3 Å². The molecular formula is C22H28FO4-. The van der Waals surface area contributed by atoms with Gasteiger partial charge in [0.2, 0.25) is 6.29 Å². The van der Waals surface area contributed by atoms with Gasteiger partial charge >= 0.3 is 0 Å². The van der Waals surface area contributed by atoms with E-state index in [-0.39, 0.29) is 16.7 Å². The Labute approximate surface area is 160 Å². The molecule has 1 unspecified atom stereocenters. The van der Waals surface area contributed by atoms with Crippen molar-refractivity contribution in [1.82, 2.24) is 0 Å². The van der Waals surface area contributed by atoms with Crippen molar-refractivity contribution in [3.63, 3.8) is 0 Å². The molecule has 0 aromatic heterocycles. The van der Waals surface area contributed by atoms with Crippen LogP contribution in [-0.4, -0.2) is 17.9 Å². The van der Waals surface area contributed by atoms with Crippen LogP contribution in [0.1, 0.15) is 69.7 Å². The van der Waals surface area contributed by atoms with Crippen molar-refractivity contribution in [2.75, 3.05) is 0 Å². The van der Waals surface area contributed by atoms with Crippen LogP contribution in [0, 0.1) is 29.0 Å². The van der Waals surface area contributed by atoms with Crippen LogP contribution in [0.4, 0.5) is 4.39 Å². The molecule has 4 nitrogen and oxygen atoms in total. The molecule has 0 spiro atoms. The van der Waals surface area contributed by atoms with Crippen LogP contribution in [0.2, 0.25) is 0 Å². The number of carbonyl (C=O) groups is 1. The average molecular weight is 375 g/mol. The normalized spacial score (nSPS) is 33.1. The quantitative estimate of drug-likeness (QED) is 0.732. The van der Waals surface area contributed by atoms with Crippen LogP contribution >= 0.6 is 0 Å². The van der Waals surface area contributed by atoms with Gasteiger partial charge < -0.3 is 19.4 Å². The summed E-state index contributed by atoms with van der Waals surface area (Å²) in [5.74, 6) is 0.109. The third-order valence-electron chi connectivity index (χ3n) is 6.45. The lowest BCUT2D eigenvalue weighted by Gasteiger charge is -2.59. The minimum absolute atomic E-state index is 0.0679. The summed E-state index contributed by atoms with van der Waals surface area (Å²) in [6, 6.07) is 3.53. The van der Waals surface area contributed by atoms with Crippen molar-refractivity contribution in [3.05, 3.63) is 29.6 Å². The van der Waals surface area contributed by atoms with Crippen molar-refractivity contribution in [1.29, 1.82) is 0 Å². The highest BCUT2D eigenvalue weighted by Gasteiger charge is 2.56. The van der Waals surface area contributed by atoms with Crippen LogP contribution in [0.3, 0.4) is 0 Å². The predicted molar refractivity (Wildman–Crippen MR) is 96.6 cm³/mol. The Balaban J connectivity index is 1.66. The second-order valence-electron chi connectivity index (χ2n) is 9.89. The van der Waals surface area contributed by atoms with Crippen LogP contribution in [0.15, 0.2) is 18.2 Å². The van der Waals surface area contributed by atoms with E-state index in [4.69, 9.17) is 9.47 Å². The van der Waals surface area contributed by atoms with Gasteiger partial charge in [0.15, 0.2) is 11.6 Å². The number of hydrogen-bond donors (Lipinski definition) is 0. The second kappa shape index (κ2) is 6.47. The van der Waals surface area contributed by atoms with E-state index < -0.39 is 23.7 Å². The van der Waals surface area contributed by atoms with Gasteiger partial charge in [-0.2, -0.15) is 0 Å². The molecule has 4 aliphatic carbocycles. The highest BCUT2D eigenvalue weighted by Crippen LogP contribution is 2.62. The lowest BCUT2D eigenvalue weighted by atomic mass is 9.49. The van der Waals surface area contributed by atoms with Gasteiger partial charge in [-0.05, 0) is 95.2 Å². The van der Waals surface area contributed by atoms with Crippen molar-refractivity contribution in [2.24, 2.45) is 23.2 Å². The standard InChI is InChI=1S/C22H29FO4/c1-21(2,3)27-20(26-18-9-16(19(24)25)4-5-17(18)23)22-10-13-6-14(11-22)8-15(7-13)12-22/h4-5,9,13-15,20H,6-8,10-12H2,1-3H3,(H,24,25)/p-1. The number of ether oxygens (including phenoxy) is 2. The van der Waals surface area contributed by atoms with Crippen molar-refractivity contribution < 1.29 is 23.8 Å². The van der Waals surface area contributed by atoms with Gasteiger partial charge in [0.1, 0.15) is 0 Å². The summed E-state index contributed by atoms with van der Waals surface area (Å²) in [5.41, 5.74) is -0.658. The molecule has 4 fully saturated rings. The predicted octanol–water partition coefficient (Wildman–Crippen LogP) is 3.93. The number of benzene rings is 1. The summed E-state index contributed by atoms with van der Waals surface area (Å²) in [6.45, 7) is 5.91. The average Bonchev–Trinajstić information content (AvgIpc) is 2.53. The molecule has 0 saturated heterocycles. The van der Waals surface area contributed by atoms with Crippen molar-refractivity contribution >= 4 is 5.97 Å². The van der Waals surface area contributed by atoms with Gasteiger partial charge in [-0.15, -0.1) is 0 Å². The van der Waals surface area contributed by atoms with E-state index in [2.05, 4.69) is 0 Å². The number of halogens is 1. The molecule has 0 aliphatic heterocycles. The number of aromatic carboxylic acids is 1. The van der Waals surface area contributed by atoms with Gasteiger partial charge in [-0.25, -0.2) is 4.39 Å². The molecule has 0 amide bonds. The molecular weight excluding hydrogens is 347 g/mol. The maximum absolute atomic E-state index is 14.4. The minimum atomic E-state index is -1.34. The SMILES string of the molecule is CC(C)(C)OC(Oc1cc(C(=O)[O-])ccc1F)C12CC3CC(CC(C3)C1)C2. The van der Waals surface area contributed by atoms with Crippen LogP contribution in [0.5, 0.6) is 5.75 Å². The lowest BCUT2D eigenvalue weighted by Crippen LogP contribution is -2.55. The zero-order valence-electron chi connectivity index (χ0n) is 16.3.